The number of unbranched alkanes of at least 4 members (excludes halogenated alkanes) is 11. The number of nitrogens with two attached hydrogens (primary N) is 1. The number of carbonyl (C=O) groups excluding carboxylic acids is 1. The van der Waals surface area contributed by atoms with Crippen LogP contribution in [0.2, 0.25) is 0 Å². The minimum absolute atomic E-state index is 0.109. The fourth-order valence-electron chi connectivity index (χ4n) is 2.53. The highest BCUT2D eigenvalue weighted by molar-refractivity contribution is 5.69. The molecule has 0 amide bonds. The first-order valence-electron chi connectivity index (χ1n) is 10.7. The largest absolute Gasteiger partial charge is 0.481 e. The summed E-state index contributed by atoms with van der Waals surface area (Å²) in [6.45, 7) is 5.16. The first kappa shape index (κ1) is 27.1. The highest BCUT2D eigenvalue weighted by Gasteiger charge is 2.00. The summed E-state index contributed by atoms with van der Waals surface area (Å²) in [7, 11) is 0. The van der Waals surface area contributed by atoms with Gasteiger partial charge in [-0.3, -0.25) is 9.59 Å². The average Bonchev–Trinajstić information content (AvgIpc) is 2.62. The molecule has 0 saturated heterocycles. The summed E-state index contributed by atoms with van der Waals surface area (Å²) < 4.78 is 4.83. The van der Waals surface area contributed by atoms with E-state index in [1.807, 2.05) is 0 Å². The molecular weight excluding hydrogens is 330 g/mol. The normalized spacial score (nSPS) is 10.1. The van der Waals surface area contributed by atoms with E-state index < -0.39 is 5.97 Å². The SMILES string of the molecule is CCCCCCCC(=O)OCCN.CCCCCCCCCCC(=O)O. The van der Waals surface area contributed by atoms with Crippen LogP contribution in [0.25, 0.3) is 0 Å². The van der Waals surface area contributed by atoms with E-state index in [0.717, 1.165) is 25.7 Å². The smallest absolute Gasteiger partial charge is 0.305 e. The van der Waals surface area contributed by atoms with Crippen LogP contribution in [0.4, 0.5) is 0 Å². The second-order valence-electron chi connectivity index (χ2n) is 6.79. The van der Waals surface area contributed by atoms with Gasteiger partial charge in [0.2, 0.25) is 0 Å². The van der Waals surface area contributed by atoms with Crippen molar-refractivity contribution in [1.82, 2.24) is 0 Å². The standard InChI is InChI=1S/C11H22O2.C10H21NO2/c1-2-3-4-5-6-7-8-9-10-11(12)13;1-2-3-4-5-6-7-10(12)13-9-8-11/h2-10H2,1H3,(H,12,13);2-9,11H2,1H3. The number of carbonyl (C=O) groups is 2. The first-order valence-corrected chi connectivity index (χ1v) is 10.7. The second kappa shape index (κ2) is 23.9. The maximum Gasteiger partial charge on any atom is 0.305 e. The van der Waals surface area contributed by atoms with Crippen LogP contribution >= 0.6 is 0 Å². The van der Waals surface area contributed by atoms with Crippen molar-refractivity contribution in [1.29, 1.82) is 0 Å². The summed E-state index contributed by atoms with van der Waals surface area (Å²) in [5.74, 6) is -0.770. The molecule has 0 aliphatic heterocycles. The van der Waals surface area contributed by atoms with E-state index in [9.17, 15) is 9.59 Å². The topological polar surface area (TPSA) is 89.6 Å². The Kier molecular flexibility index (Phi) is 24.9. The molecule has 0 spiro atoms. The van der Waals surface area contributed by atoms with Crippen molar-refractivity contribution >= 4 is 11.9 Å². The Hall–Kier alpha value is -1.10. The summed E-state index contributed by atoms with van der Waals surface area (Å²) in [6.07, 6.45) is 16.4. The van der Waals surface area contributed by atoms with E-state index in [2.05, 4.69) is 13.8 Å². The van der Waals surface area contributed by atoms with Gasteiger partial charge in [-0.25, -0.2) is 0 Å². The quantitative estimate of drug-likeness (QED) is 0.261. The number of hydrogen-bond donors (Lipinski definition) is 2. The van der Waals surface area contributed by atoms with Crippen LogP contribution in [-0.4, -0.2) is 30.2 Å². The Balaban J connectivity index is 0. The van der Waals surface area contributed by atoms with Gasteiger partial charge in [0.15, 0.2) is 0 Å². The molecule has 3 N–H and O–H groups in total. The maximum absolute atomic E-state index is 11.0. The Labute approximate surface area is 161 Å². The van der Waals surface area contributed by atoms with Gasteiger partial charge in [0.1, 0.15) is 6.61 Å². The van der Waals surface area contributed by atoms with Gasteiger partial charge in [-0.2, -0.15) is 0 Å². The summed E-state index contributed by atoms with van der Waals surface area (Å²) >= 11 is 0. The number of ether oxygens (including phenoxy) is 1. The second-order valence-corrected chi connectivity index (χ2v) is 6.79. The highest BCUT2D eigenvalue weighted by Crippen LogP contribution is 2.09. The Morgan fingerprint density at radius 3 is 1.58 bits per heavy atom. The van der Waals surface area contributed by atoms with Crippen molar-refractivity contribution in [3.05, 3.63) is 0 Å². The molecule has 0 aromatic carbocycles. The summed E-state index contributed by atoms with van der Waals surface area (Å²) in [4.78, 5) is 21.1. The van der Waals surface area contributed by atoms with Crippen molar-refractivity contribution < 1.29 is 19.4 Å². The number of rotatable bonds is 17. The van der Waals surface area contributed by atoms with Crippen LogP contribution in [0.1, 0.15) is 110 Å². The third kappa shape index (κ3) is 27.7. The third-order valence-corrected chi connectivity index (χ3v) is 4.11. The van der Waals surface area contributed by atoms with E-state index in [-0.39, 0.29) is 5.97 Å². The van der Waals surface area contributed by atoms with Crippen LogP contribution in [0.5, 0.6) is 0 Å². The van der Waals surface area contributed by atoms with Gasteiger partial charge in [0.25, 0.3) is 0 Å². The average molecular weight is 374 g/mol. The van der Waals surface area contributed by atoms with Crippen LogP contribution in [0, 0.1) is 0 Å². The Bertz CT molecular complexity index is 308. The summed E-state index contributed by atoms with van der Waals surface area (Å²) in [6, 6.07) is 0. The summed E-state index contributed by atoms with van der Waals surface area (Å²) in [5, 5.41) is 8.39. The number of hydrogen-bond acceptors (Lipinski definition) is 4. The van der Waals surface area contributed by atoms with Crippen molar-refractivity contribution in [3.8, 4) is 0 Å². The van der Waals surface area contributed by atoms with Gasteiger partial charge in [0, 0.05) is 19.4 Å². The molecule has 0 aliphatic rings. The lowest BCUT2D eigenvalue weighted by Crippen LogP contribution is -2.13. The zero-order valence-electron chi connectivity index (χ0n) is 17.3. The van der Waals surface area contributed by atoms with Crippen LogP contribution < -0.4 is 5.73 Å². The molecule has 0 aliphatic carbocycles. The molecule has 0 aromatic heterocycles. The molecule has 5 nitrogen and oxygen atoms in total. The molecule has 26 heavy (non-hydrogen) atoms. The third-order valence-electron chi connectivity index (χ3n) is 4.11. The molecule has 5 heteroatoms. The van der Waals surface area contributed by atoms with Crippen molar-refractivity contribution in [2.45, 2.75) is 110 Å². The molecule has 0 aromatic rings. The van der Waals surface area contributed by atoms with Gasteiger partial charge >= 0.3 is 11.9 Å². The molecule has 0 unspecified atom stereocenters. The lowest BCUT2D eigenvalue weighted by Gasteiger charge is -2.02. The van der Waals surface area contributed by atoms with E-state index >= 15 is 0 Å². The monoisotopic (exact) mass is 373 g/mol. The molecular formula is C21H43NO4. The molecule has 0 atom stereocenters. The van der Waals surface area contributed by atoms with E-state index in [1.165, 1.54) is 57.8 Å². The predicted octanol–water partition coefficient (Wildman–Crippen LogP) is 5.45. The molecule has 156 valence electrons. The van der Waals surface area contributed by atoms with Gasteiger partial charge in [-0.05, 0) is 12.8 Å². The fraction of sp³-hybridized carbons (Fsp3) is 0.905. The van der Waals surface area contributed by atoms with Gasteiger partial charge in [0.05, 0.1) is 0 Å². The maximum atomic E-state index is 11.0. The van der Waals surface area contributed by atoms with Crippen LogP contribution in [0.15, 0.2) is 0 Å². The summed E-state index contributed by atoms with van der Waals surface area (Å²) in [5.41, 5.74) is 5.19. The van der Waals surface area contributed by atoms with Crippen molar-refractivity contribution in [3.63, 3.8) is 0 Å². The zero-order valence-corrected chi connectivity index (χ0v) is 17.3. The van der Waals surface area contributed by atoms with Gasteiger partial charge in [-0.1, -0.05) is 84.5 Å². The van der Waals surface area contributed by atoms with Crippen LogP contribution in [-0.2, 0) is 14.3 Å². The molecule has 0 rings (SSSR count). The molecule has 0 bridgehead atoms. The molecule has 0 radical (unpaired) electrons. The number of aliphatic carboxylic acids is 1. The van der Waals surface area contributed by atoms with Gasteiger partial charge in [-0.15, -0.1) is 0 Å². The van der Waals surface area contributed by atoms with E-state index in [0.29, 0.717) is 26.0 Å². The van der Waals surface area contributed by atoms with E-state index in [1.54, 1.807) is 0 Å². The Morgan fingerprint density at radius 1 is 0.731 bits per heavy atom. The van der Waals surface area contributed by atoms with Crippen molar-refractivity contribution in [2.24, 2.45) is 5.73 Å². The Morgan fingerprint density at radius 2 is 1.15 bits per heavy atom. The molecule has 0 saturated carbocycles. The minimum atomic E-state index is -0.661. The lowest BCUT2D eigenvalue weighted by molar-refractivity contribution is -0.143. The molecule has 0 heterocycles. The van der Waals surface area contributed by atoms with Crippen molar-refractivity contribution in [2.75, 3.05) is 13.2 Å². The lowest BCUT2D eigenvalue weighted by atomic mass is 10.1. The number of esters is 1. The molecule has 0 fully saturated rings. The predicted molar refractivity (Wildman–Crippen MR) is 108 cm³/mol. The van der Waals surface area contributed by atoms with Gasteiger partial charge < -0.3 is 15.6 Å². The minimum Gasteiger partial charge on any atom is -0.481 e. The number of carboxylic acids is 1. The highest BCUT2D eigenvalue weighted by atomic mass is 16.5. The number of carboxylic acid groups (broad SMARTS) is 1. The zero-order chi connectivity index (χ0) is 19.9. The fourth-order valence-corrected chi connectivity index (χ4v) is 2.53. The first-order chi connectivity index (χ1) is 12.6. The van der Waals surface area contributed by atoms with Crippen LogP contribution in [0.3, 0.4) is 0 Å². The van der Waals surface area contributed by atoms with E-state index in [4.69, 9.17) is 15.6 Å².